The molecule has 0 fully saturated rings. The van der Waals surface area contributed by atoms with Crippen LogP contribution in [0.3, 0.4) is 0 Å². The summed E-state index contributed by atoms with van der Waals surface area (Å²) in [7, 11) is 0. The first-order chi connectivity index (χ1) is 6.43. The second-order valence-corrected chi connectivity index (χ2v) is 4.17. The summed E-state index contributed by atoms with van der Waals surface area (Å²) in [5, 5.41) is 8.98. The maximum atomic E-state index is 10.9. The molecule has 1 heterocycles. The van der Waals surface area contributed by atoms with E-state index in [0.29, 0.717) is 11.6 Å². The molecule has 0 saturated heterocycles. The van der Waals surface area contributed by atoms with Gasteiger partial charge in [-0.3, -0.25) is 0 Å². The van der Waals surface area contributed by atoms with Crippen LogP contribution in [0.5, 0.6) is 0 Å². The van der Waals surface area contributed by atoms with Gasteiger partial charge in [-0.25, -0.2) is 4.79 Å². The number of hydrogen-bond acceptors (Lipinski definition) is 1. The van der Waals surface area contributed by atoms with E-state index >= 15 is 0 Å². The minimum Gasteiger partial charge on any atom is -0.477 e. The average molecular weight is 195 g/mol. The van der Waals surface area contributed by atoms with Gasteiger partial charge in [0.05, 0.1) is 0 Å². The van der Waals surface area contributed by atoms with Crippen LogP contribution in [0.15, 0.2) is 6.07 Å². The first-order valence-electron chi connectivity index (χ1n) is 4.89. The first kappa shape index (κ1) is 10.8. The SMILES string of the molecule is CC(C)c1cc(C(C)C)c(C(=O)O)[nH]1. The van der Waals surface area contributed by atoms with Gasteiger partial charge in [0.15, 0.2) is 0 Å². The van der Waals surface area contributed by atoms with Crippen LogP contribution in [0.1, 0.15) is 61.3 Å². The van der Waals surface area contributed by atoms with Crippen LogP contribution in [0, 0.1) is 0 Å². The van der Waals surface area contributed by atoms with Crippen LogP contribution >= 0.6 is 0 Å². The van der Waals surface area contributed by atoms with Crippen molar-refractivity contribution in [2.24, 2.45) is 0 Å². The number of carboxylic acid groups (broad SMARTS) is 1. The fraction of sp³-hybridized carbons (Fsp3) is 0.545. The highest BCUT2D eigenvalue weighted by Gasteiger charge is 2.17. The fourth-order valence-electron chi connectivity index (χ4n) is 1.44. The molecule has 0 aromatic carbocycles. The number of carboxylic acids is 1. The highest BCUT2D eigenvalue weighted by Crippen LogP contribution is 2.24. The Kier molecular flexibility index (Phi) is 2.99. The summed E-state index contributed by atoms with van der Waals surface area (Å²) < 4.78 is 0. The Bertz CT molecular complexity index is 337. The van der Waals surface area contributed by atoms with Crippen LogP contribution in [0.2, 0.25) is 0 Å². The molecule has 0 spiro atoms. The van der Waals surface area contributed by atoms with Crippen molar-refractivity contribution >= 4 is 5.97 Å². The highest BCUT2D eigenvalue weighted by atomic mass is 16.4. The zero-order valence-electron chi connectivity index (χ0n) is 9.09. The van der Waals surface area contributed by atoms with Gasteiger partial charge in [0.25, 0.3) is 0 Å². The van der Waals surface area contributed by atoms with Crippen LogP contribution in [-0.2, 0) is 0 Å². The number of nitrogens with one attached hydrogen (secondary N) is 1. The molecule has 14 heavy (non-hydrogen) atoms. The lowest BCUT2D eigenvalue weighted by atomic mass is 10.0. The summed E-state index contributed by atoms with van der Waals surface area (Å²) in [5.74, 6) is -0.300. The molecular formula is C11H17NO2. The molecule has 1 aromatic rings. The number of aromatic nitrogens is 1. The van der Waals surface area contributed by atoms with E-state index in [1.165, 1.54) is 0 Å². The van der Waals surface area contributed by atoms with Crippen LogP contribution in [0.25, 0.3) is 0 Å². The van der Waals surface area contributed by atoms with Crippen LogP contribution < -0.4 is 0 Å². The number of aromatic amines is 1. The normalized spacial score (nSPS) is 11.3. The monoisotopic (exact) mass is 195 g/mol. The number of aromatic carboxylic acids is 1. The molecular weight excluding hydrogens is 178 g/mol. The maximum Gasteiger partial charge on any atom is 0.352 e. The Hall–Kier alpha value is -1.25. The van der Waals surface area contributed by atoms with E-state index in [-0.39, 0.29) is 5.92 Å². The summed E-state index contributed by atoms with van der Waals surface area (Å²) in [6.45, 7) is 8.09. The van der Waals surface area contributed by atoms with Crippen molar-refractivity contribution in [1.82, 2.24) is 4.98 Å². The Labute approximate surface area is 84.2 Å². The van der Waals surface area contributed by atoms with E-state index in [9.17, 15) is 4.79 Å². The minimum atomic E-state index is -0.874. The molecule has 0 atom stereocenters. The molecule has 0 aliphatic heterocycles. The summed E-state index contributed by atoms with van der Waals surface area (Å²) in [6, 6.07) is 1.96. The van der Waals surface area contributed by atoms with Gasteiger partial charge in [-0.2, -0.15) is 0 Å². The number of hydrogen-bond donors (Lipinski definition) is 2. The van der Waals surface area contributed by atoms with Crippen molar-refractivity contribution < 1.29 is 9.90 Å². The zero-order chi connectivity index (χ0) is 10.9. The second kappa shape index (κ2) is 3.86. The van der Waals surface area contributed by atoms with Gasteiger partial charge in [-0.15, -0.1) is 0 Å². The second-order valence-electron chi connectivity index (χ2n) is 4.17. The molecule has 0 aliphatic carbocycles. The van der Waals surface area contributed by atoms with Gasteiger partial charge in [0.1, 0.15) is 5.69 Å². The summed E-state index contributed by atoms with van der Waals surface area (Å²) in [6.07, 6.45) is 0. The number of carbonyl (C=O) groups is 1. The van der Waals surface area contributed by atoms with E-state index in [2.05, 4.69) is 4.98 Å². The Morgan fingerprint density at radius 1 is 1.29 bits per heavy atom. The Morgan fingerprint density at radius 3 is 2.14 bits per heavy atom. The number of H-pyrrole nitrogens is 1. The molecule has 0 unspecified atom stereocenters. The Balaban J connectivity index is 3.19. The predicted molar refractivity (Wildman–Crippen MR) is 55.9 cm³/mol. The summed E-state index contributed by atoms with van der Waals surface area (Å²) in [4.78, 5) is 13.9. The molecule has 0 saturated carbocycles. The molecule has 0 bridgehead atoms. The highest BCUT2D eigenvalue weighted by molar-refractivity contribution is 5.87. The molecule has 0 amide bonds. The fourth-order valence-corrected chi connectivity index (χ4v) is 1.44. The van der Waals surface area contributed by atoms with Gasteiger partial charge < -0.3 is 10.1 Å². The van der Waals surface area contributed by atoms with E-state index in [1.807, 2.05) is 33.8 Å². The van der Waals surface area contributed by atoms with Crippen molar-refractivity contribution in [3.8, 4) is 0 Å². The molecule has 0 radical (unpaired) electrons. The Morgan fingerprint density at radius 2 is 1.86 bits per heavy atom. The smallest absolute Gasteiger partial charge is 0.352 e. The van der Waals surface area contributed by atoms with E-state index in [0.717, 1.165) is 11.3 Å². The van der Waals surface area contributed by atoms with Crippen molar-refractivity contribution in [2.45, 2.75) is 39.5 Å². The average Bonchev–Trinajstić information content (AvgIpc) is 2.47. The van der Waals surface area contributed by atoms with E-state index in [1.54, 1.807) is 0 Å². The molecule has 0 aliphatic rings. The van der Waals surface area contributed by atoms with Crippen molar-refractivity contribution in [3.63, 3.8) is 0 Å². The molecule has 1 rings (SSSR count). The quantitative estimate of drug-likeness (QED) is 0.779. The topological polar surface area (TPSA) is 53.1 Å². The predicted octanol–water partition coefficient (Wildman–Crippen LogP) is 2.96. The first-order valence-corrected chi connectivity index (χ1v) is 4.89. The standard InChI is InChI=1S/C11H17NO2/c1-6(2)8-5-9(7(3)4)12-10(8)11(13)14/h5-7,12H,1-4H3,(H,13,14). The van der Waals surface area contributed by atoms with Crippen molar-refractivity contribution in [1.29, 1.82) is 0 Å². The lowest BCUT2D eigenvalue weighted by molar-refractivity contribution is 0.0689. The van der Waals surface area contributed by atoms with E-state index < -0.39 is 5.97 Å². The van der Waals surface area contributed by atoms with Crippen molar-refractivity contribution in [3.05, 3.63) is 23.0 Å². The third-order valence-electron chi connectivity index (χ3n) is 2.33. The van der Waals surface area contributed by atoms with Crippen LogP contribution in [0.4, 0.5) is 0 Å². The van der Waals surface area contributed by atoms with Gasteiger partial charge in [-0.05, 0) is 23.5 Å². The lowest BCUT2D eigenvalue weighted by Crippen LogP contribution is -2.02. The molecule has 2 N–H and O–H groups in total. The van der Waals surface area contributed by atoms with Gasteiger partial charge in [0.2, 0.25) is 0 Å². The zero-order valence-corrected chi connectivity index (χ0v) is 9.09. The van der Waals surface area contributed by atoms with Crippen LogP contribution in [-0.4, -0.2) is 16.1 Å². The summed E-state index contributed by atoms with van der Waals surface area (Å²) >= 11 is 0. The number of rotatable bonds is 3. The molecule has 3 nitrogen and oxygen atoms in total. The van der Waals surface area contributed by atoms with Gasteiger partial charge in [-0.1, -0.05) is 27.7 Å². The molecule has 78 valence electrons. The third-order valence-corrected chi connectivity index (χ3v) is 2.33. The van der Waals surface area contributed by atoms with Gasteiger partial charge >= 0.3 is 5.97 Å². The van der Waals surface area contributed by atoms with E-state index in [4.69, 9.17) is 5.11 Å². The largest absolute Gasteiger partial charge is 0.477 e. The minimum absolute atomic E-state index is 0.241. The maximum absolute atomic E-state index is 10.9. The molecule has 3 heteroatoms. The lowest BCUT2D eigenvalue weighted by Gasteiger charge is -2.01. The third kappa shape index (κ3) is 1.97. The van der Waals surface area contributed by atoms with Gasteiger partial charge in [0, 0.05) is 5.69 Å². The summed E-state index contributed by atoms with van der Waals surface area (Å²) in [5.41, 5.74) is 2.22. The molecule has 1 aromatic heterocycles. The van der Waals surface area contributed by atoms with Crippen molar-refractivity contribution in [2.75, 3.05) is 0 Å².